The minimum Gasteiger partial charge on any atom is -0.465 e. The summed E-state index contributed by atoms with van der Waals surface area (Å²) in [7, 11) is -4.70. The molecule has 0 aromatic heterocycles. The molecule has 0 heterocycles. The lowest BCUT2D eigenvalue weighted by Crippen LogP contribution is -2.48. The first-order valence-electron chi connectivity index (χ1n) is 11.6. The maximum Gasteiger partial charge on any atom is 0.421 e. The molecule has 2 fully saturated rings. The standard InChI is InChI=1S/C20H36N4O9S/c1-2-30-18(26)20(10-4-3-5-11-20)14-32-34(28,29)33-24(19(22)27)16-8-6-15(7-9-16)17(25)23-31-13-12-21/h15-16H,2-14,21H2,1H3,(H2,22,27)(H,23,25). The summed E-state index contributed by atoms with van der Waals surface area (Å²) in [6, 6.07) is -1.78. The van der Waals surface area contributed by atoms with E-state index in [1.54, 1.807) is 6.92 Å². The minimum atomic E-state index is -4.70. The number of esters is 1. The maximum absolute atomic E-state index is 12.5. The minimum absolute atomic E-state index is 0.166. The number of hydroxylamine groups is 3. The van der Waals surface area contributed by atoms with Gasteiger partial charge in [0, 0.05) is 12.5 Å². The number of urea groups is 1. The molecule has 3 amide bonds. The summed E-state index contributed by atoms with van der Waals surface area (Å²) in [5.41, 5.74) is 11.9. The molecule has 0 aliphatic heterocycles. The second kappa shape index (κ2) is 13.2. The SMILES string of the molecule is CCOC(=O)C1(COS(=O)(=O)ON(C(N)=O)C2CCC(C(=O)NOCCN)CC2)CCCCC1. The van der Waals surface area contributed by atoms with Crippen LogP contribution in [0.1, 0.15) is 64.7 Å². The number of nitrogens with one attached hydrogen (secondary N) is 1. The lowest BCUT2D eigenvalue weighted by atomic mass is 9.75. The van der Waals surface area contributed by atoms with E-state index >= 15 is 0 Å². The molecule has 0 atom stereocenters. The van der Waals surface area contributed by atoms with E-state index in [1.165, 1.54) is 0 Å². The zero-order chi connectivity index (χ0) is 25.2. The Morgan fingerprint density at radius 1 is 1.09 bits per heavy atom. The zero-order valence-corrected chi connectivity index (χ0v) is 20.3. The molecule has 0 aromatic rings. The highest BCUT2D eigenvalue weighted by Gasteiger charge is 2.43. The van der Waals surface area contributed by atoms with Gasteiger partial charge in [-0.05, 0) is 45.4 Å². The molecule has 2 rings (SSSR count). The van der Waals surface area contributed by atoms with Crippen LogP contribution in [0.2, 0.25) is 0 Å². The van der Waals surface area contributed by atoms with Gasteiger partial charge in [0.05, 0.1) is 31.3 Å². The van der Waals surface area contributed by atoms with E-state index in [2.05, 4.69) is 5.48 Å². The van der Waals surface area contributed by atoms with Crippen molar-refractivity contribution in [1.29, 1.82) is 0 Å². The third-order valence-electron chi connectivity index (χ3n) is 6.18. The van der Waals surface area contributed by atoms with Crippen molar-refractivity contribution in [2.45, 2.75) is 70.8 Å². The smallest absolute Gasteiger partial charge is 0.421 e. The van der Waals surface area contributed by atoms with E-state index in [9.17, 15) is 22.8 Å². The van der Waals surface area contributed by atoms with Crippen LogP contribution in [0.3, 0.4) is 0 Å². The molecule has 196 valence electrons. The van der Waals surface area contributed by atoms with E-state index in [1.807, 2.05) is 0 Å². The summed E-state index contributed by atoms with van der Waals surface area (Å²) in [5.74, 6) is -1.19. The monoisotopic (exact) mass is 508 g/mol. The molecular formula is C20H36N4O9S. The van der Waals surface area contributed by atoms with Gasteiger partial charge < -0.3 is 16.2 Å². The van der Waals surface area contributed by atoms with Gasteiger partial charge in [-0.15, -0.1) is 4.28 Å². The highest BCUT2D eigenvalue weighted by Crippen LogP contribution is 2.38. The lowest BCUT2D eigenvalue weighted by molar-refractivity contribution is -0.160. The summed E-state index contributed by atoms with van der Waals surface area (Å²) >= 11 is 0. The quantitative estimate of drug-likeness (QED) is 0.191. The molecule has 13 nitrogen and oxygen atoms in total. The highest BCUT2D eigenvalue weighted by atomic mass is 32.3. The Labute approximate surface area is 200 Å². The van der Waals surface area contributed by atoms with Crippen molar-refractivity contribution >= 4 is 28.3 Å². The summed E-state index contributed by atoms with van der Waals surface area (Å²) in [4.78, 5) is 41.5. The maximum atomic E-state index is 12.5. The molecule has 0 saturated heterocycles. The Morgan fingerprint density at radius 2 is 1.74 bits per heavy atom. The van der Waals surface area contributed by atoms with Crippen LogP contribution in [0.5, 0.6) is 0 Å². The number of primary amides is 1. The van der Waals surface area contributed by atoms with Gasteiger partial charge in [-0.3, -0.25) is 14.4 Å². The highest BCUT2D eigenvalue weighted by molar-refractivity contribution is 7.81. The summed E-state index contributed by atoms with van der Waals surface area (Å²) in [6.07, 6.45) is 4.56. The molecule has 2 saturated carbocycles. The predicted octanol–water partition coefficient (Wildman–Crippen LogP) is 0.639. The Morgan fingerprint density at radius 3 is 2.29 bits per heavy atom. The second-order valence-corrected chi connectivity index (χ2v) is 9.78. The predicted molar refractivity (Wildman–Crippen MR) is 118 cm³/mol. The first-order valence-corrected chi connectivity index (χ1v) is 12.9. The fraction of sp³-hybridized carbons (Fsp3) is 0.850. The lowest BCUT2D eigenvalue weighted by Gasteiger charge is -2.35. The van der Waals surface area contributed by atoms with Gasteiger partial charge >= 0.3 is 22.4 Å². The molecule has 2 aliphatic rings. The van der Waals surface area contributed by atoms with Gasteiger partial charge in [0.1, 0.15) is 0 Å². The number of hydrogen-bond acceptors (Lipinski definition) is 10. The van der Waals surface area contributed by atoms with Crippen molar-refractivity contribution in [3.05, 3.63) is 0 Å². The number of nitrogens with two attached hydrogens (primary N) is 2. The van der Waals surface area contributed by atoms with E-state index in [-0.39, 0.29) is 44.4 Å². The van der Waals surface area contributed by atoms with Gasteiger partial charge in [0.2, 0.25) is 5.91 Å². The Hall–Kier alpha value is -2.00. The number of rotatable bonds is 12. The van der Waals surface area contributed by atoms with Crippen LogP contribution >= 0.6 is 0 Å². The molecule has 0 spiro atoms. The molecule has 0 aromatic carbocycles. The summed E-state index contributed by atoms with van der Waals surface area (Å²) < 4.78 is 40.2. The number of ether oxygens (including phenoxy) is 1. The largest absolute Gasteiger partial charge is 0.465 e. The Bertz CT molecular complexity index is 794. The van der Waals surface area contributed by atoms with E-state index < -0.39 is 40.5 Å². The summed E-state index contributed by atoms with van der Waals surface area (Å²) in [5, 5.41) is 0.562. The van der Waals surface area contributed by atoms with Crippen LogP contribution in [0.15, 0.2) is 0 Å². The van der Waals surface area contributed by atoms with E-state index in [0.29, 0.717) is 30.7 Å². The number of carbonyl (C=O) groups is 3. The van der Waals surface area contributed by atoms with Crippen LogP contribution in [0.4, 0.5) is 4.79 Å². The van der Waals surface area contributed by atoms with Crippen LogP contribution in [0, 0.1) is 11.3 Å². The molecule has 0 radical (unpaired) electrons. The fourth-order valence-electron chi connectivity index (χ4n) is 4.34. The van der Waals surface area contributed by atoms with Crippen molar-refractivity contribution in [2.24, 2.45) is 22.8 Å². The molecule has 5 N–H and O–H groups in total. The van der Waals surface area contributed by atoms with Crippen LogP contribution < -0.4 is 16.9 Å². The fourth-order valence-corrected chi connectivity index (χ4v) is 5.14. The van der Waals surface area contributed by atoms with Crippen molar-refractivity contribution in [1.82, 2.24) is 10.5 Å². The van der Waals surface area contributed by atoms with Gasteiger partial charge in [-0.2, -0.15) is 13.5 Å². The first-order chi connectivity index (χ1) is 16.1. The average molecular weight is 509 g/mol. The molecular weight excluding hydrogens is 472 g/mol. The van der Waals surface area contributed by atoms with Gasteiger partial charge in [-0.1, -0.05) is 19.3 Å². The third kappa shape index (κ3) is 8.05. The number of hydrogen-bond donors (Lipinski definition) is 3. The molecule has 0 unspecified atom stereocenters. The van der Waals surface area contributed by atoms with Crippen molar-refractivity contribution in [3.63, 3.8) is 0 Å². The van der Waals surface area contributed by atoms with Gasteiger partial charge in [-0.25, -0.2) is 14.5 Å². The average Bonchev–Trinajstić information content (AvgIpc) is 2.82. The van der Waals surface area contributed by atoms with Gasteiger partial charge in [0.25, 0.3) is 0 Å². The Balaban J connectivity index is 1.96. The second-order valence-electron chi connectivity index (χ2n) is 8.58. The Kier molecular flexibility index (Phi) is 11.0. The van der Waals surface area contributed by atoms with Crippen LogP contribution in [-0.4, -0.2) is 63.8 Å². The normalized spacial score (nSPS) is 22.5. The number of amides is 3. The third-order valence-corrected chi connectivity index (χ3v) is 6.93. The number of nitrogens with zero attached hydrogens (tertiary/aromatic N) is 1. The van der Waals surface area contributed by atoms with Crippen molar-refractivity contribution < 1.29 is 40.8 Å². The first kappa shape index (κ1) is 28.2. The zero-order valence-electron chi connectivity index (χ0n) is 19.5. The van der Waals surface area contributed by atoms with Crippen molar-refractivity contribution in [3.8, 4) is 0 Å². The molecule has 34 heavy (non-hydrogen) atoms. The van der Waals surface area contributed by atoms with Gasteiger partial charge in [0.15, 0.2) is 0 Å². The van der Waals surface area contributed by atoms with Crippen molar-refractivity contribution in [2.75, 3.05) is 26.4 Å². The van der Waals surface area contributed by atoms with E-state index in [4.69, 9.17) is 29.5 Å². The van der Waals surface area contributed by atoms with E-state index in [0.717, 1.165) is 19.3 Å². The molecule has 14 heteroatoms. The number of carbonyl (C=O) groups excluding carboxylic acids is 3. The van der Waals surface area contributed by atoms with Crippen LogP contribution in [0.25, 0.3) is 0 Å². The topological polar surface area (TPSA) is 190 Å². The van der Waals surface area contributed by atoms with Crippen LogP contribution in [-0.2, 0) is 38.0 Å². The summed E-state index contributed by atoms with van der Waals surface area (Å²) in [6.45, 7) is 1.83. The molecule has 0 bridgehead atoms. The molecule has 2 aliphatic carbocycles.